The van der Waals surface area contributed by atoms with Crippen LogP contribution in [0.5, 0.6) is 5.75 Å². The number of benzene rings is 2. The van der Waals surface area contributed by atoms with Crippen molar-refractivity contribution >= 4 is 5.97 Å². The third kappa shape index (κ3) is 5.62. The number of hydrogen-bond donors (Lipinski definition) is 3. The topological polar surface area (TPSA) is 82.0 Å². The number of carboxylic acid groups (broad SMARTS) is 1. The summed E-state index contributed by atoms with van der Waals surface area (Å²) in [6.45, 7) is 3.17. The third-order valence-electron chi connectivity index (χ3n) is 7.49. The Morgan fingerprint density at radius 1 is 1.05 bits per heavy atom. The van der Waals surface area contributed by atoms with Crippen molar-refractivity contribution in [1.82, 2.24) is 10.2 Å². The molecule has 0 aromatic heterocycles. The van der Waals surface area contributed by atoms with Crippen molar-refractivity contribution in [2.45, 2.75) is 63.3 Å². The number of alkyl halides is 6. The Morgan fingerprint density at radius 2 is 1.76 bits per heavy atom. The predicted octanol–water partition coefficient (Wildman–Crippen LogP) is 5.51. The van der Waals surface area contributed by atoms with E-state index in [1.165, 1.54) is 13.8 Å². The highest BCUT2D eigenvalue weighted by molar-refractivity contribution is 5.70. The second-order valence-corrected chi connectivity index (χ2v) is 9.91. The van der Waals surface area contributed by atoms with Gasteiger partial charge in [-0.2, -0.15) is 26.3 Å². The maximum Gasteiger partial charge on any atom is 0.416 e. The quantitative estimate of drug-likeness (QED) is 0.429. The lowest BCUT2D eigenvalue weighted by Gasteiger charge is -2.47. The van der Waals surface area contributed by atoms with Gasteiger partial charge in [0.25, 0.3) is 0 Å². The molecule has 0 aliphatic carbocycles. The number of aliphatic carboxylic acids is 1. The van der Waals surface area contributed by atoms with Crippen LogP contribution in [0.1, 0.15) is 66.7 Å². The van der Waals surface area contributed by atoms with Gasteiger partial charge >= 0.3 is 18.3 Å². The molecule has 0 bridgehead atoms. The van der Waals surface area contributed by atoms with E-state index >= 15 is 0 Å². The zero-order valence-corrected chi connectivity index (χ0v) is 20.7. The molecule has 12 heteroatoms. The minimum Gasteiger partial charge on any atom is -0.481 e. The third-order valence-corrected chi connectivity index (χ3v) is 7.49. The number of carboxylic acids is 1. The molecule has 208 valence electrons. The maximum atomic E-state index is 13.6. The molecule has 0 amide bonds. The first-order valence-corrected chi connectivity index (χ1v) is 12.1. The number of fused-ring (bicyclic) bond motifs is 1. The number of hydrogen-bond acceptors (Lipinski definition) is 5. The van der Waals surface area contributed by atoms with Crippen molar-refractivity contribution < 1.29 is 46.1 Å². The Labute approximate surface area is 215 Å². The van der Waals surface area contributed by atoms with Crippen LogP contribution >= 0.6 is 0 Å². The van der Waals surface area contributed by atoms with E-state index in [4.69, 9.17) is 4.74 Å². The van der Waals surface area contributed by atoms with Gasteiger partial charge in [0.15, 0.2) is 5.72 Å². The molecule has 3 N–H and O–H groups in total. The second-order valence-electron chi connectivity index (χ2n) is 9.91. The molecule has 2 aliphatic rings. The fraction of sp³-hybridized carbons (Fsp3) is 0.500. The monoisotopic (exact) mass is 546 g/mol. The summed E-state index contributed by atoms with van der Waals surface area (Å²) >= 11 is 0. The van der Waals surface area contributed by atoms with Gasteiger partial charge in [-0.1, -0.05) is 12.1 Å². The molecule has 6 nitrogen and oxygen atoms in total. The Bertz CT molecular complexity index is 1190. The number of nitrogens with zero attached hydrogens (tertiary/aromatic N) is 1. The van der Waals surface area contributed by atoms with Gasteiger partial charge < -0.3 is 14.9 Å². The fourth-order valence-corrected chi connectivity index (χ4v) is 4.99. The van der Waals surface area contributed by atoms with Gasteiger partial charge in [0.05, 0.1) is 29.8 Å². The molecular weight excluding hydrogens is 518 g/mol. The van der Waals surface area contributed by atoms with Crippen LogP contribution in [0, 0.1) is 5.92 Å². The van der Waals surface area contributed by atoms with Crippen molar-refractivity contribution in [1.29, 1.82) is 0 Å². The van der Waals surface area contributed by atoms with Crippen molar-refractivity contribution in [2.75, 3.05) is 13.2 Å². The van der Waals surface area contributed by atoms with Gasteiger partial charge in [0.1, 0.15) is 5.75 Å². The average molecular weight is 547 g/mol. The van der Waals surface area contributed by atoms with Crippen LogP contribution in [0.3, 0.4) is 0 Å². The van der Waals surface area contributed by atoms with Crippen molar-refractivity contribution in [2.24, 2.45) is 5.92 Å². The van der Waals surface area contributed by atoms with Gasteiger partial charge in [-0.3, -0.25) is 15.0 Å². The summed E-state index contributed by atoms with van der Waals surface area (Å²) in [4.78, 5) is 12.9. The number of nitrogens with one attached hydrogen (secondary N) is 1. The number of aryl methyl sites for hydroxylation is 1. The Kier molecular flexibility index (Phi) is 7.45. The van der Waals surface area contributed by atoms with Crippen LogP contribution in [0.15, 0.2) is 36.4 Å². The van der Waals surface area contributed by atoms with Gasteiger partial charge in [0, 0.05) is 25.4 Å². The van der Waals surface area contributed by atoms with E-state index in [2.05, 4.69) is 5.32 Å². The summed E-state index contributed by atoms with van der Waals surface area (Å²) in [5, 5.41) is 22.8. The Balaban J connectivity index is 1.52. The molecule has 1 fully saturated rings. The molecule has 2 heterocycles. The maximum absolute atomic E-state index is 13.6. The zero-order valence-electron chi connectivity index (χ0n) is 20.7. The molecule has 2 aromatic carbocycles. The first-order chi connectivity index (χ1) is 17.6. The molecule has 4 rings (SSSR count). The molecule has 1 unspecified atom stereocenters. The van der Waals surface area contributed by atoms with Gasteiger partial charge in [-0.15, -0.1) is 0 Å². The minimum absolute atomic E-state index is 0.0718. The van der Waals surface area contributed by atoms with Crippen molar-refractivity contribution in [3.05, 3.63) is 64.2 Å². The summed E-state index contributed by atoms with van der Waals surface area (Å²) < 4.78 is 86.9. The first-order valence-electron chi connectivity index (χ1n) is 12.1. The van der Waals surface area contributed by atoms with E-state index in [-0.39, 0.29) is 13.2 Å². The van der Waals surface area contributed by atoms with Crippen LogP contribution < -0.4 is 10.1 Å². The van der Waals surface area contributed by atoms with Crippen molar-refractivity contribution in [3.8, 4) is 5.75 Å². The van der Waals surface area contributed by atoms with Crippen LogP contribution in [-0.2, 0) is 23.6 Å². The highest BCUT2D eigenvalue weighted by atomic mass is 19.4. The van der Waals surface area contributed by atoms with E-state index in [0.717, 1.165) is 5.56 Å². The Morgan fingerprint density at radius 3 is 2.34 bits per heavy atom. The van der Waals surface area contributed by atoms with E-state index in [1.54, 1.807) is 23.1 Å². The molecule has 1 saturated heterocycles. The molecule has 2 aliphatic heterocycles. The van der Waals surface area contributed by atoms with Crippen LogP contribution in [-0.4, -0.2) is 40.0 Å². The normalized spacial score (nSPS) is 22.9. The standard InChI is InChI=1S/C26H28F6N2O4/c1-14(23(36)37)22(35)17-4-3-16-7-8-24(38-21(16)11-17)9-10-34(13-33-24)15(2)19-12-18(25(27,28)29)5-6-20(19)26(30,31)32/h3-6,11-12,14-15,22,33,35H,7-10,13H2,1-2H3,(H,36,37)/t14-,15+,22+,24?/m0/s1. The molecule has 1 spiro atoms. The highest BCUT2D eigenvalue weighted by Gasteiger charge is 2.43. The number of ether oxygens (including phenoxy) is 1. The summed E-state index contributed by atoms with van der Waals surface area (Å²) in [5.74, 6) is -1.72. The van der Waals surface area contributed by atoms with E-state index in [0.29, 0.717) is 48.8 Å². The number of carbonyl (C=O) groups is 1. The SMILES string of the molecule is C[C@H](C(=O)O)[C@@H](O)c1ccc2c(c1)OC1(CC2)CCN([C@H](C)c2cc(C(F)(F)F)ccc2C(F)(F)F)CN1. The van der Waals surface area contributed by atoms with Crippen LogP contribution in [0.4, 0.5) is 26.3 Å². The number of rotatable bonds is 5. The van der Waals surface area contributed by atoms with Gasteiger partial charge in [-0.25, -0.2) is 0 Å². The van der Waals surface area contributed by atoms with E-state index in [9.17, 15) is 41.4 Å². The first kappa shape index (κ1) is 28.2. The molecule has 38 heavy (non-hydrogen) atoms. The summed E-state index contributed by atoms with van der Waals surface area (Å²) in [6.07, 6.45) is -9.34. The summed E-state index contributed by atoms with van der Waals surface area (Å²) in [7, 11) is 0. The van der Waals surface area contributed by atoms with Gasteiger partial charge in [-0.05, 0) is 61.2 Å². The predicted molar refractivity (Wildman–Crippen MR) is 124 cm³/mol. The average Bonchev–Trinajstić information content (AvgIpc) is 2.86. The molecule has 0 saturated carbocycles. The second kappa shape index (κ2) is 10.0. The lowest BCUT2D eigenvalue weighted by molar-refractivity contribution is -0.145. The smallest absolute Gasteiger partial charge is 0.416 e. The lowest BCUT2D eigenvalue weighted by atomic mass is 9.90. The lowest BCUT2D eigenvalue weighted by Crippen LogP contribution is -2.61. The largest absolute Gasteiger partial charge is 0.481 e. The highest BCUT2D eigenvalue weighted by Crippen LogP contribution is 2.42. The van der Waals surface area contributed by atoms with Crippen molar-refractivity contribution in [3.63, 3.8) is 0 Å². The molecule has 0 radical (unpaired) electrons. The fourth-order valence-electron chi connectivity index (χ4n) is 4.99. The van der Waals surface area contributed by atoms with E-state index in [1.807, 2.05) is 0 Å². The minimum atomic E-state index is -4.81. The number of aliphatic hydroxyl groups is 1. The van der Waals surface area contributed by atoms with Crippen LogP contribution in [0.25, 0.3) is 0 Å². The Hall–Kier alpha value is -2.83. The van der Waals surface area contributed by atoms with E-state index < -0.39 is 58.8 Å². The zero-order chi connectivity index (χ0) is 28.0. The molecule has 2 aromatic rings. The van der Waals surface area contributed by atoms with Gasteiger partial charge in [0.2, 0.25) is 0 Å². The molecule has 4 atom stereocenters. The number of halogens is 6. The molecular formula is C26H28F6N2O4. The summed E-state index contributed by atoms with van der Waals surface area (Å²) in [6, 6.07) is 5.53. The number of aliphatic hydroxyl groups excluding tert-OH is 1. The van der Waals surface area contributed by atoms with Crippen LogP contribution in [0.2, 0.25) is 0 Å². The summed E-state index contributed by atoms with van der Waals surface area (Å²) in [5.41, 5.74) is -2.31.